The Hall–Kier alpha value is -1.77. The number of rotatable bonds is 5. The summed E-state index contributed by atoms with van der Waals surface area (Å²) in [6.07, 6.45) is 1.34. The average molecular weight is 281 g/mol. The minimum Gasteiger partial charge on any atom is -0.326 e. The Bertz CT molecular complexity index is 622. The predicted octanol–water partition coefficient (Wildman–Crippen LogP) is 0.0841. The van der Waals surface area contributed by atoms with Crippen LogP contribution >= 0.6 is 0 Å². The highest BCUT2D eigenvalue weighted by atomic mass is 32.2. The molecule has 8 heteroatoms. The molecule has 3 N–H and O–H groups in total. The molecule has 0 amide bonds. The first kappa shape index (κ1) is 13.7. The van der Waals surface area contributed by atoms with Crippen molar-refractivity contribution in [1.29, 1.82) is 0 Å². The lowest BCUT2D eigenvalue weighted by atomic mass is 10.2. The normalized spacial score (nSPS) is 11.9. The van der Waals surface area contributed by atoms with Crippen LogP contribution in [0.25, 0.3) is 0 Å². The maximum atomic E-state index is 12.3. The Morgan fingerprint density at radius 1 is 1.32 bits per heavy atom. The molecular formula is C11H15N5O2S. The van der Waals surface area contributed by atoms with E-state index in [1.165, 1.54) is 17.7 Å². The number of nitrogens with zero attached hydrogens (tertiary/aromatic N) is 3. The molecule has 0 saturated carbocycles. The zero-order chi connectivity index (χ0) is 13.9. The van der Waals surface area contributed by atoms with E-state index < -0.39 is 10.0 Å². The van der Waals surface area contributed by atoms with Gasteiger partial charge < -0.3 is 5.73 Å². The first-order chi connectivity index (χ1) is 9.04. The van der Waals surface area contributed by atoms with Crippen LogP contribution in [0.2, 0.25) is 0 Å². The number of nitrogens with two attached hydrogens (primary N) is 1. The summed E-state index contributed by atoms with van der Waals surface area (Å²) in [5, 5.41) is 6.31. The SMILES string of the molecule is CN(Cc1ncn[nH]1)S(=O)(=O)c1ccc(CN)cc1. The van der Waals surface area contributed by atoms with Gasteiger partial charge in [0.15, 0.2) is 0 Å². The Morgan fingerprint density at radius 2 is 2.00 bits per heavy atom. The van der Waals surface area contributed by atoms with Crippen molar-refractivity contribution in [1.82, 2.24) is 19.5 Å². The summed E-state index contributed by atoms with van der Waals surface area (Å²) in [5.74, 6) is 0.490. The number of hydrogen-bond donors (Lipinski definition) is 2. The van der Waals surface area contributed by atoms with Crippen LogP contribution in [0.4, 0.5) is 0 Å². The van der Waals surface area contributed by atoms with Crippen molar-refractivity contribution >= 4 is 10.0 Å². The van der Waals surface area contributed by atoms with Crippen LogP contribution in [0.5, 0.6) is 0 Å². The lowest BCUT2D eigenvalue weighted by molar-refractivity contribution is 0.457. The number of hydrogen-bond acceptors (Lipinski definition) is 5. The van der Waals surface area contributed by atoms with E-state index in [0.29, 0.717) is 12.4 Å². The number of aromatic nitrogens is 3. The lowest BCUT2D eigenvalue weighted by Gasteiger charge is -2.15. The minimum absolute atomic E-state index is 0.140. The molecule has 0 atom stereocenters. The molecule has 1 aromatic carbocycles. The Labute approximate surface area is 111 Å². The molecule has 0 saturated heterocycles. The molecule has 0 fully saturated rings. The molecule has 0 aliphatic heterocycles. The maximum Gasteiger partial charge on any atom is 0.243 e. The summed E-state index contributed by atoms with van der Waals surface area (Å²) >= 11 is 0. The van der Waals surface area contributed by atoms with E-state index in [-0.39, 0.29) is 11.4 Å². The third-order valence-corrected chi connectivity index (χ3v) is 4.52. The second-order valence-electron chi connectivity index (χ2n) is 4.04. The van der Waals surface area contributed by atoms with Crippen molar-refractivity contribution in [3.8, 4) is 0 Å². The molecule has 2 rings (SSSR count). The number of sulfonamides is 1. The molecule has 1 aromatic heterocycles. The van der Waals surface area contributed by atoms with Crippen molar-refractivity contribution in [2.45, 2.75) is 18.0 Å². The number of H-pyrrole nitrogens is 1. The quantitative estimate of drug-likeness (QED) is 0.807. The summed E-state index contributed by atoms with van der Waals surface area (Å²) in [7, 11) is -2.04. The second-order valence-corrected chi connectivity index (χ2v) is 6.09. The molecule has 0 radical (unpaired) electrons. The van der Waals surface area contributed by atoms with Gasteiger partial charge in [-0.3, -0.25) is 5.10 Å². The van der Waals surface area contributed by atoms with E-state index in [0.717, 1.165) is 5.56 Å². The summed E-state index contributed by atoms with van der Waals surface area (Å²) in [6, 6.07) is 6.51. The summed E-state index contributed by atoms with van der Waals surface area (Å²) in [5.41, 5.74) is 6.37. The van der Waals surface area contributed by atoms with Crippen LogP contribution < -0.4 is 5.73 Å². The number of aromatic amines is 1. The summed E-state index contributed by atoms with van der Waals surface area (Å²) in [6.45, 7) is 0.523. The molecule has 7 nitrogen and oxygen atoms in total. The first-order valence-corrected chi connectivity index (χ1v) is 7.07. The molecule has 1 heterocycles. The molecule has 0 aliphatic rings. The van der Waals surface area contributed by atoms with E-state index in [2.05, 4.69) is 15.2 Å². The van der Waals surface area contributed by atoms with Crippen molar-refractivity contribution in [3.63, 3.8) is 0 Å². The fraction of sp³-hybridized carbons (Fsp3) is 0.273. The third-order valence-electron chi connectivity index (χ3n) is 2.70. The van der Waals surface area contributed by atoms with Crippen LogP contribution in [0.1, 0.15) is 11.4 Å². The average Bonchev–Trinajstić information content (AvgIpc) is 2.91. The minimum atomic E-state index is -3.54. The Kier molecular flexibility index (Phi) is 3.93. The topological polar surface area (TPSA) is 105 Å². The van der Waals surface area contributed by atoms with E-state index in [1.54, 1.807) is 24.3 Å². The summed E-state index contributed by atoms with van der Waals surface area (Å²) in [4.78, 5) is 4.13. The third kappa shape index (κ3) is 2.98. The zero-order valence-corrected chi connectivity index (χ0v) is 11.3. The van der Waals surface area contributed by atoms with Gasteiger partial charge in [-0.2, -0.15) is 9.40 Å². The van der Waals surface area contributed by atoms with Gasteiger partial charge in [0.05, 0.1) is 11.4 Å². The number of nitrogens with one attached hydrogen (secondary N) is 1. The molecule has 102 valence electrons. The van der Waals surface area contributed by atoms with Gasteiger partial charge in [-0.05, 0) is 17.7 Å². The number of benzene rings is 1. The van der Waals surface area contributed by atoms with E-state index in [4.69, 9.17) is 5.73 Å². The van der Waals surface area contributed by atoms with Crippen LogP contribution in [0, 0.1) is 0 Å². The Morgan fingerprint density at radius 3 is 2.53 bits per heavy atom. The highest BCUT2D eigenvalue weighted by Crippen LogP contribution is 2.16. The van der Waals surface area contributed by atoms with Gasteiger partial charge in [0, 0.05) is 13.6 Å². The zero-order valence-electron chi connectivity index (χ0n) is 10.4. The molecule has 0 unspecified atom stereocenters. The lowest BCUT2D eigenvalue weighted by Crippen LogP contribution is -2.27. The summed E-state index contributed by atoms with van der Waals surface area (Å²) < 4.78 is 25.8. The highest BCUT2D eigenvalue weighted by molar-refractivity contribution is 7.89. The van der Waals surface area contributed by atoms with Gasteiger partial charge >= 0.3 is 0 Å². The van der Waals surface area contributed by atoms with Gasteiger partial charge in [-0.15, -0.1) is 0 Å². The van der Waals surface area contributed by atoms with Gasteiger partial charge in [0.1, 0.15) is 12.2 Å². The second kappa shape index (κ2) is 5.47. The van der Waals surface area contributed by atoms with Crippen molar-refractivity contribution in [3.05, 3.63) is 42.0 Å². The van der Waals surface area contributed by atoms with Gasteiger partial charge in [0.25, 0.3) is 0 Å². The molecular weight excluding hydrogens is 266 g/mol. The van der Waals surface area contributed by atoms with Crippen molar-refractivity contribution in [2.24, 2.45) is 5.73 Å². The highest BCUT2D eigenvalue weighted by Gasteiger charge is 2.21. The monoisotopic (exact) mass is 281 g/mol. The van der Waals surface area contributed by atoms with E-state index in [9.17, 15) is 8.42 Å². The first-order valence-electron chi connectivity index (χ1n) is 5.63. The van der Waals surface area contributed by atoms with Crippen LogP contribution in [-0.4, -0.2) is 35.0 Å². The van der Waals surface area contributed by atoms with Gasteiger partial charge in [-0.25, -0.2) is 13.4 Å². The molecule has 0 aliphatic carbocycles. The van der Waals surface area contributed by atoms with Crippen LogP contribution in [-0.2, 0) is 23.1 Å². The molecule has 0 spiro atoms. The van der Waals surface area contributed by atoms with Gasteiger partial charge in [-0.1, -0.05) is 12.1 Å². The van der Waals surface area contributed by atoms with Gasteiger partial charge in [0.2, 0.25) is 10.0 Å². The van der Waals surface area contributed by atoms with Crippen LogP contribution in [0.15, 0.2) is 35.5 Å². The predicted molar refractivity (Wildman–Crippen MR) is 69.4 cm³/mol. The fourth-order valence-corrected chi connectivity index (χ4v) is 2.71. The van der Waals surface area contributed by atoms with E-state index >= 15 is 0 Å². The van der Waals surface area contributed by atoms with E-state index in [1.807, 2.05) is 0 Å². The Balaban J connectivity index is 2.20. The fourth-order valence-electron chi connectivity index (χ4n) is 1.58. The maximum absolute atomic E-state index is 12.3. The molecule has 0 bridgehead atoms. The molecule has 19 heavy (non-hydrogen) atoms. The van der Waals surface area contributed by atoms with Crippen molar-refractivity contribution in [2.75, 3.05) is 7.05 Å². The smallest absolute Gasteiger partial charge is 0.243 e. The molecule has 2 aromatic rings. The van der Waals surface area contributed by atoms with Crippen molar-refractivity contribution < 1.29 is 8.42 Å². The standard InChI is InChI=1S/C11H15N5O2S/c1-16(7-11-13-8-14-15-11)19(17,18)10-4-2-9(6-12)3-5-10/h2-5,8H,6-7,12H2,1H3,(H,13,14,15). The van der Waals surface area contributed by atoms with Crippen LogP contribution in [0.3, 0.4) is 0 Å². The largest absolute Gasteiger partial charge is 0.326 e.